The van der Waals surface area contributed by atoms with Crippen molar-refractivity contribution in [2.24, 2.45) is 0 Å². The van der Waals surface area contributed by atoms with Crippen LogP contribution in [0.5, 0.6) is 5.75 Å². The summed E-state index contributed by atoms with van der Waals surface area (Å²) in [6.45, 7) is 5.98. The Labute approximate surface area is 143 Å². The van der Waals surface area contributed by atoms with Gasteiger partial charge in [-0.1, -0.05) is 17.7 Å². The lowest BCUT2D eigenvalue weighted by atomic mass is 10.2. The Bertz CT molecular complexity index is 824. The van der Waals surface area contributed by atoms with Gasteiger partial charge in [0, 0.05) is 31.9 Å². The van der Waals surface area contributed by atoms with Gasteiger partial charge in [-0.25, -0.2) is 8.42 Å². The minimum absolute atomic E-state index is 0.231. The van der Waals surface area contributed by atoms with Gasteiger partial charge in [0.25, 0.3) is 0 Å². The molecule has 6 heteroatoms. The van der Waals surface area contributed by atoms with Crippen molar-refractivity contribution in [1.29, 1.82) is 0 Å². The highest BCUT2D eigenvalue weighted by molar-refractivity contribution is 7.89. The third-order valence-corrected chi connectivity index (χ3v) is 6.46. The van der Waals surface area contributed by atoms with Crippen LogP contribution in [0.1, 0.15) is 11.1 Å². The Morgan fingerprint density at radius 3 is 2.12 bits per heavy atom. The molecule has 1 aliphatic heterocycles. The summed E-state index contributed by atoms with van der Waals surface area (Å²) in [5.74, 6) is 0.231. The van der Waals surface area contributed by atoms with Gasteiger partial charge in [-0.3, -0.25) is 0 Å². The van der Waals surface area contributed by atoms with E-state index >= 15 is 0 Å². The van der Waals surface area contributed by atoms with Crippen LogP contribution in [0.15, 0.2) is 47.4 Å². The maximum absolute atomic E-state index is 12.9. The molecule has 1 aliphatic rings. The monoisotopic (exact) mass is 346 g/mol. The average molecular weight is 346 g/mol. The lowest BCUT2D eigenvalue weighted by Gasteiger charge is -2.35. The van der Waals surface area contributed by atoms with Crippen molar-refractivity contribution in [1.82, 2.24) is 4.31 Å². The van der Waals surface area contributed by atoms with Gasteiger partial charge < -0.3 is 10.0 Å². The molecule has 1 heterocycles. The van der Waals surface area contributed by atoms with Gasteiger partial charge in [0.05, 0.1) is 4.90 Å². The molecule has 1 saturated heterocycles. The first-order valence-corrected chi connectivity index (χ1v) is 9.43. The molecule has 0 aliphatic carbocycles. The number of nitrogens with zero attached hydrogens (tertiary/aromatic N) is 2. The number of anilines is 1. The van der Waals surface area contributed by atoms with Crippen molar-refractivity contribution in [3.8, 4) is 5.75 Å². The Kier molecular flexibility index (Phi) is 4.51. The van der Waals surface area contributed by atoms with Crippen LogP contribution in [0.4, 0.5) is 5.69 Å². The molecule has 5 nitrogen and oxygen atoms in total. The predicted octanol–water partition coefficient (Wildman–Crippen LogP) is 2.52. The highest BCUT2D eigenvalue weighted by Gasteiger charge is 2.29. The van der Waals surface area contributed by atoms with Crippen molar-refractivity contribution < 1.29 is 13.5 Å². The molecule has 0 spiro atoms. The summed E-state index contributed by atoms with van der Waals surface area (Å²) in [6, 6.07) is 12.4. The average Bonchev–Trinajstić information content (AvgIpc) is 2.55. The van der Waals surface area contributed by atoms with Crippen molar-refractivity contribution in [2.75, 3.05) is 31.1 Å². The molecule has 1 fully saturated rings. The first kappa shape index (κ1) is 16.8. The van der Waals surface area contributed by atoms with Crippen LogP contribution in [0, 0.1) is 13.8 Å². The van der Waals surface area contributed by atoms with Gasteiger partial charge in [0.1, 0.15) is 5.75 Å². The van der Waals surface area contributed by atoms with E-state index in [1.165, 1.54) is 0 Å². The zero-order valence-electron chi connectivity index (χ0n) is 13.9. The molecular formula is C18H22N2O3S. The van der Waals surface area contributed by atoms with E-state index in [4.69, 9.17) is 0 Å². The fourth-order valence-electron chi connectivity index (χ4n) is 3.08. The first-order valence-electron chi connectivity index (χ1n) is 7.99. The molecule has 0 atom stereocenters. The fourth-order valence-corrected chi connectivity index (χ4v) is 4.71. The Morgan fingerprint density at radius 2 is 1.54 bits per heavy atom. The van der Waals surface area contributed by atoms with Crippen molar-refractivity contribution in [3.63, 3.8) is 0 Å². The maximum atomic E-state index is 12.9. The summed E-state index contributed by atoms with van der Waals surface area (Å²) in [5.41, 5.74) is 2.84. The van der Waals surface area contributed by atoms with E-state index in [0.29, 0.717) is 31.1 Å². The lowest BCUT2D eigenvalue weighted by Crippen LogP contribution is -2.48. The van der Waals surface area contributed by atoms with Crippen LogP contribution in [-0.4, -0.2) is 44.0 Å². The predicted molar refractivity (Wildman–Crippen MR) is 95.0 cm³/mol. The topological polar surface area (TPSA) is 60.9 Å². The summed E-state index contributed by atoms with van der Waals surface area (Å²) >= 11 is 0. The molecule has 0 radical (unpaired) electrons. The van der Waals surface area contributed by atoms with E-state index in [1.54, 1.807) is 22.5 Å². The van der Waals surface area contributed by atoms with Gasteiger partial charge in [-0.15, -0.1) is 0 Å². The minimum Gasteiger partial charge on any atom is -0.508 e. The number of hydrogen-bond acceptors (Lipinski definition) is 4. The number of hydrogen-bond donors (Lipinski definition) is 1. The third kappa shape index (κ3) is 3.25. The van der Waals surface area contributed by atoms with Crippen LogP contribution >= 0.6 is 0 Å². The lowest BCUT2D eigenvalue weighted by molar-refractivity contribution is 0.384. The fraction of sp³-hybridized carbons (Fsp3) is 0.333. The molecule has 128 valence electrons. The second-order valence-electron chi connectivity index (χ2n) is 6.18. The summed E-state index contributed by atoms with van der Waals surface area (Å²) < 4.78 is 27.3. The minimum atomic E-state index is -3.46. The zero-order chi connectivity index (χ0) is 17.3. The van der Waals surface area contributed by atoms with Crippen molar-refractivity contribution in [3.05, 3.63) is 53.6 Å². The van der Waals surface area contributed by atoms with Crippen molar-refractivity contribution >= 4 is 15.7 Å². The Hall–Kier alpha value is -2.05. The second kappa shape index (κ2) is 6.45. The number of phenolic OH excluding ortho intramolecular Hbond substituents is 1. The molecular weight excluding hydrogens is 324 g/mol. The Balaban J connectivity index is 1.75. The number of sulfonamides is 1. The van der Waals surface area contributed by atoms with Crippen LogP contribution in [0.2, 0.25) is 0 Å². The van der Waals surface area contributed by atoms with E-state index in [-0.39, 0.29) is 5.75 Å². The summed E-state index contributed by atoms with van der Waals surface area (Å²) in [5, 5.41) is 9.37. The second-order valence-corrected chi connectivity index (χ2v) is 8.08. The van der Waals surface area contributed by atoms with E-state index in [2.05, 4.69) is 4.90 Å². The van der Waals surface area contributed by atoms with E-state index in [1.807, 2.05) is 38.1 Å². The van der Waals surface area contributed by atoms with Crippen molar-refractivity contribution in [2.45, 2.75) is 18.7 Å². The molecule has 0 aromatic heterocycles. The normalized spacial score (nSPS) is 16.3. The number of piperazine rings is 1. The molecule has 2 aromatic rings. The molecule has 1 N–H and O–H groups in total. The summed E-state index contributed by atoms with van der Waals surface area (Å²) in [7, 11) is -3.46. The highest BCUT2D eigenvalue weighted by Crippen LogP contribution is 2.24. The molecule has 0 saturated carbocycles. The molecule has 0 unspecified atom stereocenters. The van der Waals surface area contributed by atoms with Crippen LogP contribution in [-0.2, 0) is 10.0 Å². The highest BCUT2D eigenvalue weighted by atomic mass is 32.2. The largest absolute Gasteiger partial charge is 0.508 e. The van der Waals surface area contributed by atoms with E-state index in [0.717, 1.165) is 16.8 Å². The quantitative estimate of drug-likeness (QED) is 0.928. The van der Waals surface area contributed by atoms with E-state index in [9.17, 15) is 13.5 Å². The van der Waals surface area contributed by atoms with Gasteiger partial charge >= 0.3 is 0 Å². The molecule has 0 bridgehead atoms. The zero-order valence-corrected chi connectivity index (χ0v) is 14.8. The smallest absolute Gasteiger partial charge is 0.243 e. The number of aromatic hydroxyl groups is 1. The maximum Gasteiger partial charge on any atom is 0.243 e. The first-order chi connectivity index (χ1) is 11.4. The van der Waals surface area contributed by atoms with Gasteiger partial charge in [-0.05, 0) is 49.7 Å². The number of benzene rings is 2. The number of phenols is 1. The summed E-state index contributed by atoms with van der Waals surface area (Å²) in [6.07, 6.45) is 0. The molecule has 24 heavy (non-hydrogen) atoms. The SMILES string of the molecule is Cc1ccc(S(=O)(=O)N2CCN(c3ccc(O)cc3)CC2)c(C)c1. The van der Waals surface area contributed by atoms with Crippen LogP contribution in [0.3, 0.4) is 0 Å². The van der Waals surface area contributed by atoms with Gasteiger partial charge in [0.2, 0.25) is 10.0 Å². The standard InChI is InChI=1S/C18H22N2O3S/c1-14-3-8-18(15(2)13-14)24(22,23)20-11-9-19(10-12-20)16-4-6-17(21)7-5-16/h3-8,13,21H,9-12H2,1-2H3. The van der Waals surface area contributed by atoms with Crippen LogP contribution < -0.4 is 4.90 Å². The van der Waals surface area contributed by atoms with Gasteiger partial charge in [-0.2, -0.15) is 4.31 Å². The molecule has 0 amide bonds. The molecule has 2 aromatic carbocycles. The summed E-state index contributed by atoms with van der Waals surface area (Å²) in [4.78, 5) is 2.53. The molecule has 3 rings (SSSR count). The van der Waals surface area contributed by atoms with Gasteiger partial charge in [0.15, 0.2) is 0 Å². The van der Waals surface area contributed by atoms with Crippen LogP contribution in [0.25, 0.3) is 0 Å². The number of rotatable bonds is 3. The Morgan fingerprint density at radius 1 is 0.917 bits per heavy atom. The third-order valence-electron chi connectivity index (χ3n) is 4.40. The number of aryl methyl sites for hydroxylation is 2. The van der Waals surface area contributed by atoms with E-state index < -0.39 is 10.0 Å².